The molecule has 0 aliphatic heterocycles. The molecule has 1 aromatic carbocycles. The lowest BCUT2D eigenvalue weighted by Crippen LogP contribution is -2.51. The standard InChI is InChI=1S/C8H10FN/c1-6(10)7-3-2-4-8(9)5-7/h2-6H,10H2,1H3/p+1/t6-/m1/s1. The molecule has 0 fully saturated rings. The van der Waals surface area contributed by atoms with Crippen LogP contribution in [0.25, 0.3) is 0 Å². The van der Waals surface area contributed by atoms with Gasteiger partial charge in [0, 0.05) is 5.56 Å². The van der Waals surface area contributed by atoms with Crippen LogP contribution in [0.4, 0.5) is 4.39 Å². The van der Waals surface area contributed by atoms with Crippen molar-refractivity contribution in [1.29, 1.82) is 0 Å². The summed E-state index contributed by atoms with van der Waals surface area (Å²) in [6, 6.07) is 6.69. The van der Waals surface area contributed by atoms with E-state index in [1.807, 2.05) is 13.0 Å². The van der Waals surface area contributed by atoms with E-state index in [0.29, 0.717) is 0 Å². The van der Waals surface area contributed by atoms with Crippen molar-refractivity contribution in [2.45, 2.75) is 13.0 Å². The molecule has 0 heterocycles. The first-order valence-electron chi connectivity index (χ1n) is 3.28. The predicted octanol–water partition coefficient (Wildman–Crippen LogP) is 1.13. The molecule has 10 heavy (non-hydrogen) atoms. The summed E-state index contributed by atoms with van der Waals surface area (Å²) >= 11 is 0. The molecule has 1 atom stereocenters. The topological polar surface area (TPSA) is 27.6 Å². The Morgan fingerprint density at radius 3 is 2.60 bits per heavy atom. The molecule has 0 radical (unpaired) electrons. The smallest absolute Gasteiger partial charge is 0.123 e. The van der Waals surface area contributed by atoms with Gasteiger partial charge in [-0.05, 0) is 19.1 Å². The molecule has 0 amide bonds. The molecule has 54 valence electrons. The third-order valence-corrected chi connectivity index (χ3v) is 1.42. The van der Waals surface area contributed by atoms with E-state index in [4.69, 9.17) is 0 Å². The number of halogens is 1. The summed E-state index contributed by atoms with van der Waals surface area (Å²) in [5.41, 5.74) is 4.73. The highest BCUT2D eigenvalue weighted by molar-refractivity contribution is 5.17. The normalized spacial score (nSPS) is 13.1. The summed E-state index contributed by atoms with van der Waals surface area (Å²) in [5, 5.41) is 0. The average molecular weight is 140 g/mol. The summed E-state index contributed by atoms with van der Waals surface area (Å²) in [6.45, 7) is 1.94. The van der Waals surface area contributed by atoms with Crippen LogP contribution < -0.4 is 5.73 Å². The fourth-order valence-corrected chi connectivity index (χ4v) is 0.813. The van der Waals surface area contributed by atoms with Crippen molar-refractivity contribution >= 4 is 0 Å². The number of hydrogen-bond donors (Lipinski definition) is 1. The quantitative estimate of drug-likeness (QED) is 0.605. The predicted molar refractivity (Wildman–Crippen MR) is 37.7 cm³/mol. The third kappa shape index (κ3) is 1.54. The molecule has 1 aromatic rings. The summed E-state index contributed by atoms with van der Waals surface area (Å²) in [7, 11) is 0. The van der Waals surface area contributed by atoms with Crippen LogP contribution >= 0.6 is 0 Å². The SMILES string of the molecule is C[C@@H]([NH3+])c1cccc(F)c1. The molecule has 0 saturated carbocycles. The van der Waals surface area contributed by atoms with Crippen LogP contribution in [0.1, 0.15) is 18.5 Å². The van der Waals surface area contributed by atoms with Gasteiger partial charge in [-0.1, -0.05) is 12.1 Å². The fourth-order valence-electron chi connectivity index (χ4n) is 0.813. The highest BCUT2D eigenvalue weighted by Gasteiger charge is 2.01. The maximum atomic E-state index is 12.5. The first kappa shape index (κ1) is 7.22. The Morgan fingerprint density at radius 2 is 2.20 bits per heavy atom. The van der Waals surface area contributed by atoms with E-state index >= 15 is 0 Å². The van der Waals surface area contributed by atoms with Gasteiger partial charge < -0.3 is 5.73 Å². The first-order chi connectivity index (χ1) is 4.70. The van der Waals surface area contributed by atoms with E-state index < -0.39 is 0 Å². The van der Waals surface area contributed by atoms with Gasteiger partial charge in [0.25, 0.3) is 0 Å². The maximum Gasteiger partial charge on any atom is 0.123 e. The largest absolute Gasteiger partial charge is 0.352 e. The molecule has 0 aromatic heterocycles. The van der Waals surface area contributed by atoms with Crippen molar-refractivity contribution in [3.8, 4) is 0 Å². The molecule has 1 rings (SSSR count). The summed E-state index contributed by atoms with van der Waals surface area (Å²) in [5.74, 6) is -0.187. The molecule has 0 bridgehead atoms. The van der Waals surface area contributed by atoms with Crippen molar-refractivity contribution < 1.29 is 10.1 Å². The van der Waals surface area contributed by atoms with Gasteiger partial charge in [0.05, 0.1) is 0 Å². The summed E-state index contributed by atoms with van der Waals surface area (Å²) < 4.78 is 12.5. The van der Waals surface area contributed by atoms with E-state index in [0.717, 1.165) is 5.56 Å². The Kier molecular flexibility index (Phi) is 2.02. The molecule has 1 nitrogen and oxygen atoms in total. The number of benzene rings is 1. The molecule has 0 spiro atoms. The fraction of sp³-hybridized carbons (Fsp3) is 0.250. The molecule has 2 heteroatoms. The van der Waals surface area contributed by atoms with Gasteiger partial charge in [0.2, 0.25) is 0 Å². The van der Waals surface area contributed by atoms with E-state index in [1.165, 1.54) is 12.1 Å². The summed E-state index contributed by atoms with van der Waals surface area (Å²) in [4.78, 5) is 0. The highest BCUT2D eigenvalue weighted by atomic mass is 19.1. The van der Waals surface area contributed by atoms with Crippen LogP contribution in [0.15, 0.2) is 24.3 Å². The average Bonchev–Trinajstić information content (AvgIpc) is 1.88. The molecule has 0 aliphatic rings. The van der Waals surface area contributed by atoms with Crippen LogP contribution in [0, 0.1) is 5.82 Å². The van der Waals surface area contributed by atoms with Crippen molar-refractivity contribution in [3.63, 3.8) is 0 Å². The van der Waals surface area contributed by atoms with Gasteiger partial charge in [-0.25, -0.2) is 4.39 Å². The molecular formula is C8H11FN+. The Morgan fingerprint density at radius 1 is 1.50 bits per heavy atom. The second-order valence-electron chi connectivity index (χ2n) is 2.46. The van der Waals surface area contributed by atoms with Crippen molar-refractivity contribution in [2.75, 3.05) is 0 Å². The van der Waals surface area contributed by atoms with Crippen LogP contribution in [0.2, 0.25) is 0 Å². The van der Waals surface area contributed by atoms with Crippen LogP contribution in [-0.2, 0) is 0 Å². The van der Waals surface area contributed by atoms with Gasteiger partial charge >= 0.3 is 0 Å². The monoisotopic (exact) mass is 140 g/mol. The Hall–Kier alpha value is -0.890. The summed E-state index contributed by atoms with van der Waals surface area (Å²) in [6.07, 6.45) is 0. The second-order valence-corrected chi connectivity index (χ2v) is 2.46. The van der Waals surface area contributed by atoms with Crippen molar-refractivity contribution in [1.82, 2.24) is 0 Å². The number of hydrogen-bond acceptors (Lipinski definition) is 0. The minimum atomic E-state index is -0.187. The van der Waals surface area contributed by atoms with E-state index in [2.05, 4.69) is 5.73 Å². The molecule has 0 unspecified atom stereocenters. The molecule has 0 aliphatic carbocycles. The lowest BCUT2D eigenvalue weighted by atomic mass is 10.1. The zero-order valence-electron chi connectivity index (χ0n) is 5.97. The van der Waals surface area contributed by atoms with Gasteiger partial charge in [-0.2, -0.15) is 0 Å². The minimum absolute atomic E-state index is 0.163. The Bertz CT molecular complexity index is 220. The van der Waals surface area contributed by atoms with Crippen molar-refractivity contribution in [2.24, 2.45) is 0 Å². The van der Waals surface area contributed by atoms with E-state index in [-0.39, 0.29) is 11.9 Å². The highest BCUT2D eigenvalue weighted by Crippen LogP contribution is 2.08. The minimum Gasteiger partial charge on any atom is -0.352 e. The van der Waals surface area contributed by atoms with Gasteiger partial charge in [0.1, 0.15) is 11.9 Å². The molecular weight excluding hydrogens is 129 g/mol. The Labute approximate surface area is 59.7 Å². The van der Waals surface area contributed by atoms with E-state index in [9.17, 15) is 4.39 Å². The first-order valence-corrected chi connectivity index (χ1v) is 3.28. The van der Waals surface area contributed by atoms with Gasteiger partial charge in [-0.15, -0.1) is 0 Å². The number of rotatable bonds is 1. The maximum absolute atomic E-state index is 12.5. The third-order valence-electron chi connectivity index (χ3n) is 1.42. The van der Waals surface area contributed by atoms with Crippen LogP contribution in [-0.4, -0.2) is 0 Å². The zero-order valence-corrected chi connectivity index (χ0v) is 5.97. The number of quaternary nitrogens is 1. The zero-order chi connectivity index (χ0) is 7.56. The lowest BCUT2D eigenvalue weighted by molar-refractivity contribution is -0.420. The van der Waals surface area contributed by atoms with E-state index in [1.54, 1.807) is 6.07 Å². The van der Waals surface area contributed by atoms with Gasteiger partial charge in [-0.3, -0.25) is 0 Å². The van der Waals surface area contributed by atoms with Crippen LogP contribution in [0.5, 0.6) is 0 Å². The van der Waals surface area contributed by atoms with Crippen molar-refractivity contribution in [3.05, 3.63) is 35.6 Å². The van der Waals surface area contributed by atoms with Crippen LogP contribution in [0.3, 0.4) is 0 Å². The Balaban J connectivity index is 2.96. The molecule has 0 saturated heterocycles. The lowest BCUT2D eigenvalue weighted by Gasteiger charge is -2.00. The molecule has 3 N–H and O–H groups in total. The van der Waals surface area contributed by atoms with Gasteiger partial charge in [0.15, 0.2) is 0 Å². The second kappa shape index (κ2) is 2.80.